The third-order valence-electron chi connectivity index (χ3n) is 4.89. The van der Waals surface area contributed by atoms with E-state index < -0.39 is 57.4 Å². The topological polar surface area (TPSA) is 174 Å². The molecule has 0 fully saturated rings. The Kier molecular flexibility index (Phi) is 4.60. The van der Waals surface area contributed by atoms with Gasteiger partial charge in [-0.2, -0.15) is 0 Å². The van der Waals surface area contributed by atoms with E-state index in [9.17, 15) is 40.2 Å². The van der Waals surface area contributed by atoms with Crippen LogP contribution in [0.2, 0.25) is 0 Å². The molecule has 0 bridgehead atoms. The van der Waals surface area contributed by atoms with Crippen molar-refractivity contribution in [3.63, 3.8) is 0 Å². The van der Waals surface area contributed by atoms with Crippen molar-refractivity contribution in [2.24, 2.45) is 0 Å². The molecular weight excluding hydrogens is 412 g/mol. The Morgan fingerprint density at radius 3 is 2.45 bits per heavy atom. The lowest BCUT2D eigenvalue weighted by atomic mass is 10.0. The van der Waals surface area contributed by atoms with Crippen molar-refractivity contribution in [1.29, 1.82) is 0 Å². The number of rotatable bonds is 2. The monoisotopic (exact) mass is 428 g/mol. The summed E-state index contributed by atoms with van der Waals surface area (Å²) in [5, 5.41) is 59.0. The fourth-order valence-electron chi connectivity index (χ4n) is 3.33. The van der Waals surface area contributed by atoms with Crippen molar-refractivity contribution in [2.45, 2.75) is 18.5 Å². The van der Waals surface area contributed by atoms with E-state index in [0.717, 1.165) is 18.2 Å². The van der Waals surface area contributed by atoms with Gasteiger partial charge in [-0.3, -0.25) is 4.79 Å². The minimum absolute atomic E-state index is 0.0944. The van der Waals surface area contributed by atoms with Crippen molar-refractivity contribution in [1.82, 2.24) is 0 Å². The van der Waals surface area contributed by atoms with E-state index in [1.807, 2.05) is 0 Å². The number of hydrogen-bond acceptors (Lipinski definition) is 10. The lowest BCUT2D eigenvalue weighted by molar-refractivity contribution is -0.341. The van der Waals surface area contributed by atoms with Gasteiger partial charge in [-0.05, 0) is 35.2 Å². The maximum atomic E-state index is 12.7. The van der Waals surface area contributed by atoms with Crippen LogP contribution in [0.5, 0.6) is 28.7 Å². The van der Waals surface area contributed by atoms with Gasteiger partial charge in [0.05, 0.1) is 10.9 Å². The molecule has 1 heterocycles. The summed E-state index contributed by atoms with van der Waals surface area (Å²) in [7, 11) is 0. The molecular formula is C21H16O10. The zero-order chi connectivity index (χ0) is 22.5. The Morgan fingerprint density at radius 1 is 1.00 bits per heavy atom. The number of esters is 1. The van der Waals surface area contributed by atoms with Crippen molar-refractivity contribution in [2.75, 3.05) is 0 Å². The van der Waals surface area contributed by atoms with Crippen LogP contribution in [-0.2, 0) is 11.2 Å². The minimum Gasteiger partial charge on any atom is -0.504 e. The zero-order valence-corrected chi connectivity index (χ0v) is 15.6. The first-order valence-corrected chi connectivity index (χ1v) is 8.96. The van der Waals surface area contributed by atoms with Crippen LogP contribution in [0.4, 0.5) is 0 Å². The fraction of sp³-hybridized carbons (Fsp3) is 0.143. The van der Waals surface area contributed by atoms with E-state index in [-0.39, 0.29) is 17.6 Å². The van der Waals surface area contributed by atoms with Crippen molar-refractivity contribution in [3.8, 4) is 28.7 Å². The molecule has 10 heteroatoms. The first kappa shape index (κ1) is 20.3. The molecule has 0 spiro atoms. The summed E-state index contributed by atoms with van der Waals surface area (Å²) in [5.41, 5.74) is -0.961. The highest BCUT2D eigenvalue weighted by Gasteiger charge is 2.45. The van der Waals surface area contributed by atoms with Crippen molar-refractivity contribution in [3.05, 3.63) is 63.8 Å². The quantitative estimate of drug-likeness (QED) is 0.195. The van der Waals surface area contributed by atoms with Crippen LogP contribution >= 0.6 is 0 Å². The number of carbonyl (C=O) groups is 1. The Morgan fingerprint density at radius 2 is 1.71 bits per heavy atom. The van der Waals surface area contributed by atoms with E-state index >= 15 is 0 Å². The van der Waals surface area contributed by atoms with Gasteiger partial charge >= 0.3 is 11.9 Å². The van der Waals surface area contributed by atoms with Gasteiger partial charge in [0, 0.05) is 6.42 Å². The highest BCUT2D eigenvalue weighted by molar-refractivity contribution is 5.98. The third kappa shape index (κ3) is 3.43. The maximum absolute atomic E-state index is 12.7. The molecule has 1 aliphatic heterocycles. The fourth-order valence-corrected chi connectivity index (χ4v) is 3.33. The molecule has 0 saturated carbocycles. The Balaban J connectivity index is 1.76. The number of carbonyl (C=O) groups excluding carboxylic acids is 1. The molecule has 3 aromatic rings. The van der Waals surface area contributed by atoms with Gasteiger partial charge in [-0.25, -0.2) is 4.79 Å². The molecule has 10 nitrogen and oxygen atoms in total. The summed E-state index contributed by atoms with van der Waals surface area (Å²) in [6.45, 7) is 0. The molecule has 1 aliphatic rings. The molecule has 4 rings (SSSR count). The molecule has 31 heavy (non-hydrogen) atoms. The first-order chi connectivity index (χ1) is 14.6. The van der Waals surface area contributed by atoms with Gasteiger partial charge < -0.3 is 40.1 Å². The summed E-state index contributed by atoms with van der Waals surface area (Å²) in [6.07, 6.45) is -1.64. The molecule has 0 saturated heterocycles. The summed E-state index contributed by atoms with van der Waals surface area (Å²) in [5.74, 6) is -7.45. The average Bonchev–Trinajstić information content (AvgIpc) is 2.83. The van der Waals surface area contributed by atoms with Gasteiger partial charge in [0.25, 0.3) is 0 Å². The number of phenols is 3. The molecule has 160 valence electrons. The second-order valence-corrected chi connectivity index (χ2v) is 6.98. The molecule has 0 radical (unpaired) electrons. The first-order valence-electron chi connectivity index (χ1n) is 8.96. The summed E-state index contributed by atoms with van der Waals surface area (Å²) < 4.78 is 10.3. The number of hydrogen-bond donors (Lipinski definition) is 6. The molecule has 0 aromatic heterocycles. The number of fused-ring (bicyclic) bond motifs is 2. The SMILES string of the molecule is O=C(OC1Cc2ccccc2OC1(O)O)c1cc(O)c(=O)c2c(O)c(O)c(O)cc2c1. The number of aliphatic hydroxyl groups is 2. The van der Waals surface area contributed by atoms with Crippen LogP contribution in [0.15, 0.2) is 47.3 Å². The van der Waals surface area contributed by atoms with Crippen LogP contribution < -0.4 is 10.2 Å². The Hall–Kier alpha value is -4.02. The van der Waals surface area contributed by atoms with Crippen molar-refractivity contribution < 1.29 is 44.9 Å². The van der Waals surface area contributed by atoms with E-state index in [1.165, 1.54) is 6.07 Å². The summed E-state index contributed by atoms with van der Waals surface area (Å²) in [4.78, 5) is 25.1. The number of aromatic hydroxyl groups is 4. The van der Waals surface area contributed by atoms with Crippen LogP contribution in [0.1, 0.15) is 15.9 Å². The lowest BCUT2D eigenvalue weighted by Crippen LogP contribution is -2.53. The average molecular weight is 428 g/mol. The van der Waals surface area contributed by atoms with Crippen LogP contribution in [0, 0.1) is 0 Å². The van der Waals surface area contributed by atoms with E-state index in [4.69, 9.17) is 9.47 Å². The smallest absolute Gasteiger partial charge is 0.361 e. The highest BCUT2D eigenvalue weighted by Crippen LogP contribution is 2.40. The summed E-state index contributed by atoms with van der Waals surface area (Å²) >= 11 is 0. The normalized spacial score (nSPS) is 16.9. The Bertz CT molecular complexity index is 1280. The lowest BCUT2D eigenvalue weighted by Gasteiger charge is -2.35. The molecule has 6 N–H and O–H groups in total. The molecule has 3 aromatic carbocycles. The number of benzene rings is 2. The highest BCUT2D eigenvalue weighted by atomic mass is 16.8. The van der Waals surface area contributed by atoms with E-state index in [0.29, 0.717) is 5.56 Å². The predicted octanol–water partition coefficient (Wildman–Crippen LogP) is 0.821. The largest absolute Gasteiger partial charge is 0.504 e. The molecule has 1 atom stereocenters. The third-order valence-corrected chi connectivity index (χ3v) is 4.89. The van der Waals surface area contributed by atoms with Crippen LogP contribution in [-0.4, -0.2) is 48.7 Å². The maximum Gasteiger partial charge on any atom is 0.361 e. The van der Waals surface area contributed by atoms with Crippen molar-refractivity contribution >= 4 is 16.7 Å². The number of ether oxygens (including phenoxy) is 2. The van der Waals surface area contributed by atoms with Crippen LogP contribution in [0.3, 0.4) is 0 Å². The number of phenolic OH excluding ortho intramolecular Hbond substituents is 3. The van der Waals surface area contributed by atoms with Gasteiger partial charge in [-0.15, -0.1) is 0 Å². The summed E-state index contributed by atoms with van der Waals surface area (Å²) in [6, 6.07) is 9.16. The van der Waals surface area contributed by atoms with E-state index in [2.05, 4.69) is 0 Å². The molecule has 0 aliphatic carbocycles. The van der Waals surface area contributed by atoms with Gasteiger partial charge in [-0.1, -0.05) is 18.2 Å². The second kappa shape index (κ2) is 7.04. The zero-order valence-electron chi connectivity index (χ0n) is 15.6. The molecule has 0 amide bonds. The molecule has 1 unspecified atom stereocenters. The number of para-hydroxylation sites is 1. The standard InChI is InChI=1S/C21H16O10/c22-12-7-11(5-10-6-13(23)18(25)19(26)16(10)17(12)24)20(27)30-15-8-9-3-1-2-4-14(9)31-21(15,28)29/h1-7,15,23,25-26,28-29H,8H2,(H,22,24). The second-order valence-electron chi connectivity index (χ2n) is 6.98. The predicted molar refractivity (Wildman–Crippen MR) is 104 cm³/mol. The van der Waals surface area contributed by atoms with Gasteiger partial charge in [0.15, 0.2) is 23.4 Å². The van der Waals surface area contributed by atoms with Gasteiger partial charge in [0.2, 0.25) is 11.2 Å². The van der Waals surface area contributed by atoms with Gasteiger partial charge in [0.1, 0.15) is 5.75 Å². The van der Waals surface area contributed by atoms with E-state index in [1.54, 1.807) is 18.2 Å². The Labute approximate surface area is 173 Å². The van der Waals surface area contributed by atoms with Crippen LogP contribution in [0.25, 0.3) is 10.8 Å². The minimum atomic E-state index is -2.84.